The zero-order valence-electron chi connectivity index (χ0n) is 14.2. The van der Waals surface area contributed by atoms with E-state index in [0.29, 0.717) is 6.54 Å². The molecule has 6 heteroatoms. The van der Waals surface area contributed by atoms with Gasteiger partial charge in [0.15, 0.2) is 5.65 Å². The van der Waals surface area contributed by atoms with Gasteiger partial charge in [0.25, 0.3) is 0 Å². The van der Waals surface area contributed by atoms with Crippen molar-refractivity contribution in [2.45, 2.75) is 20.4 Å². The lowest BCUT2D eigenvalue weighted by molar-refractivity contribution is 0.407. The van der Waals surface area contributed by atoms with Crippen molar-refractivity contribution in [2.24, 2.45) is 7.05 Å². The molecule has 3 aromatic rings. The maximum Gasteiger partial charge on any atom is 0.159 e. The van der Waals surface area contributed by atoms with Gasteiger partial charge in [-0.25, -0.2) is 4.98 Å². The van der Waals surface area contributed by atoms with Crippen LogP contribution in [-0.2, 0) is 13.6 Å². The van der Waals surface area contributed by atoms with Gasteiger partial charge in [0.2, 0.25) is 0 Å². The molecule has 0 amide bonds. The normalized spacial score (nSPS) is 11.0. The number of anilines is 1. The van der Waals surface area contributed by atoms with E-state index in [1.165, 1.54) is 0 Å². The minimum Gasteiger partial charge on any atom is -0.496 e. The lowest BCUT2D eigenvalue weighted by atomic mass is 10.1. The highest BCUT2D eigenvalue weighted by molar-refractivity contribution is 5.88. The summed E-state index contributed by atoms with van der Waals surface area (Å²) in [6.07, 6.45) is 5.53. The Hall–Kier alpha value is -2.63. The molecule has 3 rings (SSSR count). The Morgan fingerprint density at radius 2 is 2.00 bits per heavy atom. The number of rotatable bonds is 4. The molecule has 0 aliphatic carbocycles. The first kappa shape index (κ1) is 15.3. The van der Waals surface area contributed by atoms with E-state index >= 15 is 0 Å². The second-order valence-corrected chi connectivity index (χ2v) is 5.74. The fourth-order valence-electron chi connectivity index (χ4n) is 2.91. The van der Waals surface area contributed by atoms with Gasteiger partial charge in [-0.1, -0.05) is 0 Å². The van der Waals surface area contributed by atoms with Gasteiger partial charge in [0.05, 0.1) is 36.6 Å². The predicted molar refractivity (Wildman–Crippen MR) is 90.9 cm³/mol. The first-order chi connectivity index (χ1) is 11.0. The fraction of sp³-hybridized carbons (Fsp3) is 0.353. The number of hydrogen-bond donors (Lipinski definition) is 0. The van der Waals surface area contributed by atoms with Crippen molar-refractivity contribution in [3.63, 3.8) is 0 Å². The topological polar surface area (TPSA) is 56.1 Å². The molecule has 0 saturated heterocycles. The van der Waals surface area contributed by atoms with Gasteiger partial charge in [-0.15, -0.1) is 0 Å². The smallest absolute Gasteiger partial charge is 0.159 e. The second-order valence-electron chi connectivity index (χ2n) is 5.74. The van der Waals surface area contributed by atoms with E-state index in [-0.39, 0.29) is 0 Å². The van der Waals surface area contributed by atoms with Crippen molar-refractivity contribution in [3.05, 3.63) is 41.5 Å². The summed E-state index contributed by atoms with van der Waals surface area (Å²) in [7, 11) is 5.65. The monoisotopic (exact) mass is 311 g/mol. The summed E-state index contributed by atoms with van der Waals surface area (Å²) in [6.45, 7) is 4.75. The highest BCUT2D eigenvalue weighted by Crippen LogP contribution is 2.28. The van der Waals surface area contributed by atoms with Crippen LogP contribution in [0.25, 0.3) is 11.0 Å². The zero-order valence-corrected chi connectivity index (χ0v) is 14.2. The van der Waals surface area contributed by atoms with Crippen LogP contribution in [0, 0.1) is 13.8 Å². The number of methoxy groups -OCH3 is 1. The molecule has 3 heterocycles. The minimum atomic E-state index is 0.691. The summed E-state index contributed by atoms with van der Waals surface area (Å²) in [4.78, 5) is 11.1. The molecule has 120 valence electrons. The van der Waals surface area contributed by atoms with Crippen molar-refractivity contribution < 1.29 is 4.74 Å². The molecule has 0 unspecified atom stereocenters. The molecule has 0 aromatic carbocycles. The molecule has 0 spiro atoms. The number of aromatic nitrogens is 4. The summed E-state index contributed by atoms with van der Waals surface area (Å²) in [5, 5.41) is 5.33. The fourth-order valence-corrected chi connectivity index (χ4v) is 2.91. The third-order valence-corrected chi connectivity index (χ3v) is 4.16. The van der Waals surface area contributed by atoms with Gasteiger partial charge < -0.3 is 9.64 Å². The van der Waals surface area contributed by atoms with E-state index in [9.17, 15) is 0 Å². The number of aryl methyl sites for hydroxylation is 2. The van der Waals surface area contributed by atoms with E-state index in [1.54, 1.807) is 11.8 Å². The number of ether oxygens (including phenoxy) is 1. The molecular weight excluding hydrogens is 290 g/mol. The van der Waals surface area contributed by atoms with Gasteiger partial charge in [-0.2, -0.15) is 5.10 Å². The molecule has 3 aromatic heterocycles. The largest absolute Gasteiger partial charge is 0.496 e. The Balaban J connectivity index is 1.97. The molecule has 0 bridgehead atoms. The van der Waals surface area contributed by atoms with Crippen LogP contribution >= 0.6 is 0 Å². The van der Waals surface area contributed by atoms with Crippen LogP contribution in [0.4, 0.5) is 5.69 Å². The molecule has 0 saturated carbocycles. The Morgan fingerprint density at radius 3 is 2.74 bits per heavy atom. The van der Waals surface area contributed by atoms with Gasteiger partial charge in [0, 0.05) is 37.6 Å². The predicted octanol–water partition coefficient (Wildman–Crippen LogP) is 2.63. The molecule has 0 fully saturated rings. The summed E-state index contributed by atoms with van der Waals surface area (Å²) in [5.41, 5.74) is 5.10. The average Bonchev–Trinajstić information content (AvgIpc) is 2.92. The van der Waals surface area contributed by atoms with Crippen LogP contribution in [0.5, 0.6) is 5.75 Å². The zero-order chi connectivity index (χ0) is 16.6. The standard InChI is InChI=1S/C17H21N5O/c1-11-8-19-14(12(2)16(11)23-5)10-21(3)15-6-7-18-17-13(15)9-20-22(17)4/h6-9H,10H2,1-5H3. The number of fused-ring (bicyclic) bond motifs is 1. The van der Waals surface area contributed by atoms with E-state index in [0.717, 1.165) is 39.3 Å². The van der Waals surface area contributed by atoms with Crippen molar-refractivity contribution >= 4 is 16.7 Å². The Labute approximate surface area is 135 Å². The maximum absolute atomic E-state index is 5.50. The maximum atomic E-state index is 5.50. The van der Waals surface area contributed by atoms with E-state index in [1.807, 2.05) is 45.6 Å². The lowest BCUT2D eigenvalue weighted by Crippen LogP contribution is -2.19. The molecule has 0 aliphatic heterocycles. The quantitative estimate of drug-likeness (QED) is 0.741. The van der Waals surface area contributed by atoms with Crippen LogP contribution in [0.15, 0.2) is 24.7 Å². The van der Waals surface area contributed by atoms with Gasteiger partial charge >= 0.3 is 0 Å². The Morgan fingerprint density at radius 1 is 1.22 bits per heavy atom. The molecule has 0 radical (unpaired) electrons. The van der Waals surface area contributed by atoms with Crippen LogP contribution in [-0.4, -0.2) is 33.9 Å². The average molecular weight is 311 g/mol. The highest BCUT2D eigenvalue weighted by Gasteiger charge is 2.14. The molecule has 23 heavy (non-hydrogen) atoms. The summed E-state index contributed by atoms with van der Waals surface area (Å²) in [6, 6.07) is 2.00. The van der Waals surface area contributed by atoms with Gasteiger partial charge in [-0.05, 0) is 19.9 Å². The van der Waals surface area contributed by atoms with Crippen molar-refractivity contribution in [3.8, 4) is 5.75 Å². The van der Waals surface area contributed by atoms with E-state index < -0.39 is 0 Å². The number of pyridine rings is 2. The Bertz CT molecular complexity index is 856. The summed E-state index contributed by atoms with van der Waals surface area (Å²) in [5.74, 6) is 0.907. The molecule has 0 N–H and O–H groups in total. The summed E-state index contributed by atoms with van der Waals surface area (Å²) < 4.78 is 7.28. The van der Waals surface area contributed by atoms with Gasteiger partial charge in [-0.3, -0.25) is 9.67 Å². The molecular formula is C17H21N5O. The van der Waals surface area contributed by atoms with Crippen molar-refractivity contribution in [1.29, 1.82) is 0 Å². The third-order valence-electron chi connectivity index (χ3n) is 4.16. The molecule has 0 aliphatic rings. The minimum absolute atomic E-state index is 0.691. The van der Waals surface area contributed by atoms with E-state index in [4.69, 9.17) is 4.74 Å². The van der Waals surface area contributed by atoms with Crippen LogP contribution in [0.1, 0.15) is 16.8 Å². The Kier molecular flexibility index (Phi) is 3.90. The third kappa shape index (κ3) is 2.60. The first-order valence-electron chi connectivity index (χ1n) is 7.49. The number of nitrogens with zero attached hydrogens (tertiary/aromatic N) is 5. The SMILES string of the molecule is COc1c(C)cnc(CN(C)c2ccnc3c2cnn3C)c1C. The van der Waals surface area contributed by atoms with Crippen molar-refractivity contribution in [1.82, 2.24) is 19.7 Å². The van der Waals surface area contributed by atoms with Crippen LogP contribution in [0.3, 0.4) is 0 Å². The van der Waals surface area contributed by atoms with Gasteiger partial charge in [0.1, 0.15) is 5.75 Å². The van der Waals surface area contributed by atoms with E-state index in [2.05, 4.69) is 27.0 Å². The van der Waals surface area contributed by atoms with Crippen LogP contribution in [0.2, 0.25) is 0 Å². The molecule has 6 nitrogen and oxygen atoms in total. The summed E-state index contributed by atoms with van der Waals surface area (Å²) >= 11 is 0. The van der Waals surface area contributed by atoms with Crippen LogP contribution < -0.4 is 9.64 Å². The number of hydrogen-bond acceptors (Lipinski definition) is 5. The highest BCUT2D eigenvalue weighted by atomic mass is 16.5. The second kappa shape index (κ2) is 5.87. The van der Waals surface area contributed by atoms with Crippen molar-refractivity contribution in [2.75, 3.05) is 19.1 Å². The molecule has 0 atom stereocenters. The first-order valence-corrected chi connectivity index (χ1v) is 7.49. The lowest BCUT2D eigenvalue weighted by Gasteiger charge is -2.21.